The minimum atomic E-state index is -3.69. The predicted molar refractivity (Wildman–Crippen MR) is 104 cm³/mol. The van der Waals surface area contributed by atoms with Crippen molar-refractivity contribution in [3.8, 4) is 5.75 Å². The van der Waals surface area contributed by atoms with Gasteiger partial charge in [0.15, 0.2) is 0 Å². The molecule has 5 nitrogen and oxygen atoms in total. The molecule has 2 aromatic carbocycles. The first-order chi connectivity index (χ1) is 12.5. The first-order valence-corrected chi connectivity index (χ1v) is 10.0. The molecule has 6 heteroatoms. The smallest absolute Gasteiger partial charge is 0.210 e. The van der Waals surface area contributed by atoms with E-state index in [-0.39, 0.29) is 9.79 Å². The molecule has 1 aromatic heterocycles. The maximum absolute atomic E-state index is 13.3. The summed E-state index contributed by atoms with van der Waals surface area (Å²) in [7, 11) is -2.10. The van der Waals surface area contributed by atoms with Gasteiger partial charge in [0.25, 0.3) is 0 Å². The number of benzene rings is 2. The molecule has 0 fully saturated rings. The van der Waals surface area contributed by atoms with Crippen LogP contribution in [0.15, 0.2) is 64.5 Å². The number of pyridine rings is 1. The SMILES string of the molecule is CCN(CC)c1c(S(=O)(=O)c2ccccc2)cnc2ccc(OC)cc12. The molecule has 0 radical (unpaired) electrons. The molecule has 26 heavy (non-hydrogen) atoms. The molecule has 0 bridgehead atoms. The average molecular weight is 370 g/mol. The molecule has 0 spiro atoms. The number of sulfone groups is 1. The molecule has 0 unspecified atom stereocenters. The average Bonchev–Trinajstić information content (AvgIpc) is 2.69. The summed E-state index contributed by atoms with van der Waals surface area (Å²) in [5.74, 6) is 0.668. The van der Waals surface area contributed by atoms with Gasteiger partial charge in [-0.05, 0) is 44.2 Å². The van der Waals surface area contributed by atoms with E-state index < -0.39 is 9.84 Å². The number of ether oxygens (including phenoxy) is 1. The first kappa shape index (κ1) is 18.2. The standard InChI is InChI=1S/C20H22N2O3S/c1-4-22(5-2)20-17-13-15(25-3)11-12-18(17)21-14-19(20)26(23,24)16-9-7-6-8-10-16/h6-14H,4-5H2,1-3H3. The Morgan fingerprint density at radius 3 is 2.35 bits per heavy atom. The van der Waals surface area contributed by atoms with E-state index >= 15 is 0 Å². The van der Waals surface area contributed by atoms with Crippen molar-refractivity contribution in [2.75, 3.05) is 25.1 Å². The number of hydrogen-bond acceptors (Lipinski definition) is 5. The van der Waals surface area contributed by atoms with Crippen molar-refractivity contribution in [2.24, 2.45) is 0 Å². The zero-order valence-corrected chi connectivity index (χ0v) is 16.0. The number of nitrogens with zero attached hydrogens (tertiary/aromatic N) is 2. The van der Waals surface area contributed by atoms with Crippen molar-refractivity contribution in [1.82, 2.24) is 4.98 Å². The van der Waals surface area contributed by atoms with Crippen LogP contribution in [0.1, 0.15) is 13.8 Å². The third-order valence-corrected chi connectivity index (χ3v) is 6.21. The van der Waals surface area contributed by atoms with E-state index in [1.165, 1.54) is 6.20 Å². The van der Waals surface area contributed by atoms with Crippen LogP contribution in [-0.4, -0.2) is 33.6 Å². The summed E-state index contributed by atoms with van der Waals surface area (Å²) in [6, 6.07) is 14.0. The lowest BCUT2D eigenvalue weighted by atomic mass is 10.1. The minimum absolute atomic E-state index is 0.216. The molecular weight excluding hydrogens is 348 g/mol. The van der Waals surface area contributed by atoms with Gasteiger partial charge in [0.05, 0.1) is 23.2 Å². The Labute approximate surface area is 154 Å². The third kappa shape index (κ3) is 3.12. The van der Waals surface area contributed by atoms with Crippen LogP contribution in [0.4, 0.5) is 5.69 Å². The van der Waals surface area contributed by atoms with Gasteiger partial charge in [0.2, 0.25) is 9.84 Å². The quantitative estimate of drug-likeness (QED) is 0.658. The van der Waals surface area contributed by atoms with Crippen molar-refractivity contribution in [3.05, 3.63) is 54.7 Å². The Morgan fingerprint density at radius 1 is 1.04 bits per heavy atom. The van der Waals surface area contributed by atoms with Gasteiger partial charge in [-0.25, -0.2) is 8.42 Å². The van der Waals surface area contributed by atoms with E-state index in [4.69, 9.17) is 4.74 Å². The van der Waals surface area contributed by atoms with Crippen LogP contribution in [0.25, 0.3) is 10.9 Å². The third-order valence-electron chi connectivity index (χ3n) is 4.44. The van der Waals surface area contributed by atoms with Crippen LogP contribution in [0.5, 0.6) is 5.75 Å². The van der Waals surface area contributed by atoms with E-state index in [1.807, 2.05) is 36.9 Å². The van der Waals surface area contributed by atoms with Crippen LogP contribution in [-0.2, 0) is 9.84 Å². The van der Waals surface area contributed by atoms with Gasteiger partial charge < -0.3 is 9.64 Å². The second-order valence-corrected chi connectivity index (χ2v) is 7.76. The predicted octanol–water partition coefficient (Wildman–Crippen LogP) is 3.92. The van der Waals surface area contributed by atoms with Crippen molar-refractivity contribution in [2.45, 2.75) is 23.6 Å². The fourth-order valence-corrected chi connectivity index (χ4v) is 4.51. The van der Waals surface area contributed by atoms with E-state index in [1.54, 1.807) is 37.4 Å². The minimum Gasteiger partial charge on any atom is -0.497 e. The molecule has 0 amide bonds. The maximum atomic E-state index is 13.3. The largest absolute Gasteiger partial charge is 0.497 e. The van der Waals surface area contributed by atoms with Crippen LogP contribution in [0, 0.1) is 0 Å². The molecule has 3 aromatic rings. The van der Waals surface area contributed by atoms with Gasteiger partial charge in [-0.15, -0.1) is 0 Å². The fraction of sp³-hybridized carbons (Fsp3) is 0.250. The van der Waals surface area contributed by atoms with Crippen LogP contribution in [0.3, 0.4) is 0 Å². The molecule has 0 saturated carbocycles. The normalized spacial score (nSPS) is 11.5. The molecule has 0 aliphatic carbocycles. The number of anilines is 1. The Bertz CT molecular complexity index is 1010. The Hall–Kier alpha value is -2.60. The van der Waals surface area contributed by atoms with Crippen molar-refractivity contribution in [1.29, 1.82) is 0 Å². The van der Waals surface area contributed by atoms with Gasteiger partial charge in [0.1, 0.15) is 10.6 Å². The number of rotatable bonds is 6. The topological polar surface area (TPSA) is 59.5 Å². The molecule has 1 heterocycles. The fourth-order valence-electron chi connectivity index (χ4n) is 3.06. The monoisotopic (exact) mass is 370 g/mol. The van der Waals surface area contributed by atoms with Crippen molar-refractivity contribution in [3.63, 3.8) is 0 Å². The zero-order chi connectivity index (χ0) is 18.7. The van der Waals surface area contributed by atoms with Crippen LogP contribution >= 0.6 is 0 Å². The lowest BCUT2D eigenvalue weighted by Crippen LogP contribution is -2.24. The Kier molecular flexibility index (Phi) is 5.13. The van der Waals surface area contributed by atoms with E-state index in [0.29, 0.717) is 24.5 Å². The lowest BCUT2D eigenvalue weighted by Gasteiger charge is -2.25. The molecule has 0 atom stereocenters. The molecule has 0 aliphatic rings. The highest BCUT2D eigenvalue weighted by Gasteiger charge is 2.26. The van der Waals surface area contributed by atoms with Crippen molar-refractivity contribution < 1.29 is 13.2 Å². The zero-order valence-electron chi connectivity index (χ0n) is 15.1. The summed E-state index contributed by atoms with van der Waals surface area (Å²) in [4.78, 5) is 6.92. The number of methoxy groups -OCH3 is 1. The maximum Gasteiger partial charge on any atom is 0.210 e. The number of hydrogen-bond donors (Lipinski definition) is 0. The highest BCUT2D eigenvalue weighted by molar-refractivity contribution is 7.91. The van der Waals surface area contributed by atoms with E-state index in [0.717, 1.165) is 10.9 Å². The second kappa shape index (κ2) is 7.33. The first-order valence-electron chi connectivity index (χ1n) is 8.54. The summed E-state index contributed by atoms with van der Waals surface area (Å²) in [6.07, 6.45) is 1.46. The highest BCUT2D eigenvalue weighted by atomic mass is 32.2. The summed E-state index contributed by atoms with van der Waals surface area (Å²) in [6.45, 7) is 5.39. The van der Waals surface area contributed by atoms with Gasteiger partial charge in [0, 0.05) is 24.7 Å². The van der Waals surface area contributed by atoms with Gasteiger partial charge in [-0.2, -0.15) is 0 Å². The molecule has 136 valence electrons. The summed E-state index contributed by atoms with van der Waals surface area (Å²) in [5, 5.41) is 0.769. The Balaban J connectivity index is 2.36. The summed E-state index contributed by atoms with van der Waals surface area (Å²) >= 11 is 0. The molecular formula is C20H22N2O3S. The van der Waals surface area contributed by atoms with Gasteiger partial charge in [-0.3, -0.25) is 4.98 Å². The van der Waals surface area contributed by atoms with Crippen LogP contribution in [0.2, 0.25) is 0 Å². The van der Waals surface area contributed by atoms with Gasteiger partial charge in [-0.1, -0.05) is 18.2 Å². The van der Waals surface area contributed by atoms with E-state index in [2.05, 4.69) is 4.98 Å². The van der Waals surface area contributed by atoms with Crippen molar-refractivity contribution >= 4 is 26.4 Å². The molecule has 0 N–H and O–H groups in total. The summed E-state index contributed by atoms with van der Waals surface area (Å²) in [5.41, 5.74) is 1.41. The van der Waals surface area contributed by atoms with E-state index in [9.17, 15) is 8.42 Å². The number of aromatic nitrogens is 1. The number of fused-ring (bicyclic) bond motifs is 1. The molecule has 0 aliphatic heterocycles. The van der Waals surface area contributed by atoms with Gasteiger partial charge >= 0.3 is 0 Å². The Morgan fingerprint density at radius 2 is 1.73 bits per heavy atom. The molecule has 0 saturated heterocycles. The lowest BCUT2D eigenvalue weighted by molar-refractivity contribution is 0.415. The highest BCUT2D eigenvalue weighted by Crippen LogP contribution is 2.37. The second-order valence-electron chi connectivity index (χ2n) is 5.84. The summed E-state index contributed by atoms with van der Waals surface area (Å²) < 4.78 is 31.9. The molecule has 3 rings (SSSR count). The van der Waals surface area contributed by atoms with Crippen LogP contribution < -0.4 is 9.64 Å².